The van der Waals surface area contributed by atoms with Crippen LogP contribution < -0.4 is 5.32 Å². The van der Waals surface area contributed by atoms with Crippen molar-refractivity contribution in [2.45, 2.75) is 23.1 Å². The predicted octanol–water partition coefficient (Wildman–Crippen LogP) is 2.50. The molecule has 4 nitrogen and oxygen atoms in total. The van der Waals surface area contributed by atoms with Crippen molar-refractivity contribution < 1.29 is 17.6 Å². The molecular formula is C17H18FNO3S. The van der Waals surface area contributed by atoms with Gasteiger partial charge in [0.25, 0.3) is 5.91 Å². The maximum Gasteiger partial charge on any atom is 0.252 e. The van der Waals surface area contributed by atoms with Gasteiger partial charge in [0.1, 0.15) is 5.37 Å². The molecule has 0 saturated carbocycles. The van der Waals surface area contributed by atoms with Gasteiger partial charge in [0, 0.05) is 0 Å². The second-order valence-corrected chi connectivity index (χ2v) is 7.20. The summed E-state index contributed by atoms with van der Waals surface area (Å²) in [6.45, 7) is -1.24. The SMILES string of the molecule is O=C(CF)NC(CCc1ccccc1)S(=O)(=O)c1ccccc1. The summed E-state index contributed by atoms with van der Waals surface area (Å²) in [5.41, 5.74) is 0.954. The minimum atomic E-state index is -3.77. The summed E-state index contributed by atoms with van der Waals surface area (Å²) in [7, 11) is -3.77. The van der Waals surface area contributed by atoms with Crippen molar-refractivity contribution >= 4 is 15.7 Å². The molecule has 2 aromatic carbocycles. The molecule has 2 aromatic rings. The first kappa shape index (κ1) is 17.1. The molecule has 0 spiro atoms. The first-order chi connectivity index (χ1) is 11.0. The molecule has 0 aliphatic rings. The number of hydrogen-bond acceptors (Lipinski definition) is 3. The number of nitrogens with one attached hydrogen (secondary N) is 1. The number of hydrogen-bond donors (Lipinski definition) is 1. The highest BCUT2D eigenvalue weighted by Crippen LogP contribution is 2.18. The maximum atomic E-state index is 12.7. The maximum absolute atomic E-state index is 12.7. The Kier molecular flexibility index (Phi) is 5.87. The third kappa shape index (κ3) is 4.63. The van der Waals surface area contributed by atoms with Crippen LogP contribution in [0, 0.1) is 0 Å². The van der Waals surface area contributed by atoms with Crippen molar-refractivity contribution in [3.63, 3.8) is 0 Å². The molecule has 0 heterocycles. The van der Waals surface area contributed by atoms with Crippen molar-refractivity contribution in [1.29, 1.82) is 0 Å². The van der Waals surface area contributed by atoms with E-state index >= 15 is 0 Å². The van der Waals surface area contributed by atoms with Gasteiger partial charge in [0.2, 0.25) is 0 Å². The molecule has 1 amide bonds. The van der Waals surface area contributed by atoms with E-state index in [0.29, 0.717) is 6.42 Å². The summed E-state index contributed by atoms with van der Waals surface area (Å²) in [5.74, 6) is -0.928. The third-order valence-electron chi connectivity index (χ3n) is 3.43. The van der Waals surface area contributed by atoms with Gasteiger partial charge < -0.3 is 5.32 Å². The van der Waals surface area contributed by atoms with Crippen LogP contribution in [-0.2, 0) is 21.1 Å². The number of amides is 1. The van der Waals surface area contributed by atoms with E-state index in [1.807, 2.05) is 30.3 Å². The van der Waals surface area contributed by atoms with E-state index in [1.54, 1.807) is 18.2 Å². The lowest BCUT2D eigenvalue weighted by Gasteiger charge is -2.19. The summed E-state index contributed by atoms with van der Waals surface area (Å²) >= 11 is 0. The topological polar surface area (TPSA) is 63.2 Å². The summed E-state index contributed by atoms with van der Waals surface area (Å²) < 4.78 is 37.8. The van der Waals surface area contributed by atoms with Gasteiger partial charge in [-0.05, 0) is 30.5 Å². The Morgan fingerprint density at radius 2 is 1.57 bits per heavy atom. The van der Waals surface area contributed by atoms with Crippen LogP contribution in [0.25, 0.3) is 0 Å². The highest BCUT2D eigenvalue weighted by molar-refractivity contribution is 7.92. The van der Waals surface area contributed by atoms with Gasteiger partial charge in [-0.2, -0.15) is 0 Å². The van der Waals surface area contributed by atoms with E-state index in [0.717, 1.165) is 5.56 Å². The molecule has 0 bridgehead atoms. The minimum Gasteiger partial charge on any atom is -0.337 e. The molecule has 0 aliphatic heterocycles. The first-order valence-corrected chi connectivity index (χ1v) is 8.77. The fourth-order valence-corrected chi connectivity index (χ4v) is 3.82. The molecule has 1 atom stereocenters. The van der Waals surface area contributed by atoms with Crippen LogP contribution >= 0.6 is 0 Å². The molecule has 122 valence electrons. The van der Waals surface area contributed by atoms with Gasteiger partial charge in [0.05, 0.1) is 4.90 Å². The summed E-state index contributed by atoms with van der Waals surface area (Å²) in [6.07, 6.45) is 0.636. The number of carbonyl (C=O) groups excluding carboxylic acids is 1. The number of aryl methyl sites for hydroxylation is 1. The van der Waals surface area contributed by atoms with Gasteiger partial charge >= 0.3 is 0 Å². The summed E-state index contributed by atoms with van der Waals surface area (Å²) in [4.78, 5) is 11.5. The number of alkyl halides is 1. The van der Waals surface area contributed by atoms with E-state index in [4.69, 9.17) is 0 Å². The van der Waals surface area contributed by atoms with Crippen molar-refractivity contribution in [2.24, 2.45) is 0 Å². The lowest BCUT2D eigenvalue weighted by Crippen LogP contribution is -2.41. The van der Waals surface area contributed by atoms with Crippen LogP contribution in [0.5, 0.6) is 0 Å². The normalized spacial score (nSPS) is 12.6. The van der Waals surface area contributed by atoms with Crippen molar-refractivity contribution in [3.8, 4) is 0 Å². The average Bonchev–Trinajstić information content (AvgIpc) is 2.59. The van der Waals surface area contributed by atoms with Crippen molar-refractivity contribution in [3.05, 3.63) is 66.2 Å². The van der Waals surface area contributed by atoms with Crippen LogP contribution in [0.4, 0.5) is 4.39 Å². The van der Waals surface area contributed by atoms with Crippen LogP contribution in [0.1, 0.15) is 12.0 Å². The van der Waals surface area contributed by atoms with Gasteiger partial charge in [0.15, 0.2) is 16.5 Å². The summed E-state index contributed by atoms with van der Waals surface area (Å²) in [5, 5.41) is 1.11. The zero-order valence-corrected chi connectivity index (χ0v) is 13.3. The zero-order valence-electron chi connectivity index (χ0n) is 12.5. The molecule has 23 heavy (non-hydrogen) atoms. The van der Waals surface area contributed by atoms with Gasteiger partial charge in [-0.3, -0.25) is 4.79 Å². The number of halogens is 1. The van der Waals surface area contributed by atoms with E-state index < -0.39 is 27.8 Å². The molecule has 0 saturated heterocycles. The van der Waals surface area contributed by atoms with E-state index in [9.17, 15) is 17.6 Å². The number of benzene rings is 2. The average molecular weight is 335 g/mol. The minimum absolute atomic E-state index is 0.109. The van der Waals surface area contributed by atoms with Crippen LogP contribution in [0.3, 0.4) is 0 Å². The first-order valence-electron chi connectivity index (χ1n) is 7.22. The van der Waals surface area contributed by atoms with Gasteiger partial charge in [-0.15, -0.1) is 0 Å². The smallest absolute Gasteiger partial charge is 0.252 e. The lowest BCUT2D eigenvalue weighted by molar-refractivity contribution is -0.122. The van der Waals surface area contributed by atoms with E-state index in [1.165, 1.54) is 12.1 Å². The molecule has 6 heteroatoms. The molecule has 0 radical (unpaired) electrons. The predicted molar refractivity (Wildman–Crippen MR) is 86.3 cm³/mol. The van der Waals surface area contributed by atoms with E-state index in [2.05, 4.69) is 5.32 Å². The molecule has 1 unspecified atom stereocenters. The Bertz CT molecular complexity index is 733. The Balaban J connectivity index is 2.21. The number of rotatable bonds is 7. The van der Waals surface area contributed by atoms with Crippen LogP contribution in [0.2, 0.25) is 0 Å². The molecule has 0 fully saturated rings. The van der Waals surface area contributed by atoms with Crippen molar-refractivity contribution in [2.75, 3.05) is 6.67 Å². The van der Waals surface area contributed by atoms with Gasteiger partial charge in [-0.1, -0.05) is 48.5 Å². The van der Waals surface area contributed by atoms with E-state index in [-0.39, 0.29) is 11.3 Å². The third-order valence-corrected chi connectivity index (χ3v) is 5.46. The van der Waals surface area contributed by atoms with Crippen molar-refractivity contribution in [1.82, 2.24) is 5.32 Å². The fraction of sp³-hybridized carbons (Fsp3) is 0.235. The standard InChI is InChI=1S/C17H18FNO3S/c18-13-16(20)19-17(12-11-14-7-3-1-4-8-14)23(21,22)15-9-5-2-6-10-15/h1-10,17H,11-13H2,(H,19,20). The Hall–Kier alpha value is -2.21. The van der Waals surface area contributed by atoms with Gasteiger partial charge in [-0.25, -0.2) is 12.8 Å². The zero-order chi connectivity index (χ0) is 16.7. The molecule has 0 aromatic heterocycles. The summed E-state index contributed by atoms with van der Waals surface area (Å²) in [6, 6.07) is 17.2. The monoisotopic (exact) mass is 335 g/mol. The number of sulfone groups is 1. The quantitative estimate of drug-likeness (QED) is 0.845. The second kappa shape index (κ2) is 7.87. The highest BCUT2D eigenvalue weighted by Gasteiger charge is 2.28. The Morgan fingerprint density at radius 1 is 1.00 bits per heavy atom. The second-order valence-electron chi connectivity index (χ2n) is 5.07. The highest BCUT2D eigenvalue weighted by atomic mass is 32.2. The molecular weight excluding hydrogens is 317 g/mol. The Morgan fingerprint density at radius 3 is 2.13 bits per heavy atom. The fourth-order valence-electron chi connectivity index (χ4n) is 2.24. The number of carbonyl (C=O) groups is 1. The largest absolute Gasteiger partial charge is 0.337 e. The molecule has 2 rings (SSSR count). The Labute approximate surface area is 135 Å². The molecule has 0 aliphatic carbocycles. The van der Waals surface area contributed by atoms with Crippen LogP contribution in [-0.4, -0.2) is 26.4 Å². The molecule has 1 N–H and O–H groups in total. The lowest BCUT2D eigenvalue weighted by atomic mass is 10.1. The van der Waals surface area contributed by atoms with Crippen LogP contribution in [0.15, 0.2) is 65.6 Å².